The van der Waals surface area contributed by atoms with Gasteiger partial charge >= 0.3 is 0 Å². The molecule has 0 atom stereocenters. The minimum Gasteiger partial charge on any atom is -0.381 e. The van der Waals surface area contributed by atoms with Gasteiger partial charge in [0.2, 0.25) is 0 Å². The number of pyridine rings is 3. The lowest BCUT2D eigenvalue weighted by Crippen LogP contribution is -2.21. The highest BCUT2D eigenvalue weighted by Gasteiger charge is 2.13. The molecule has 13 nitrogen and oxygen atoms in total. The van der Waals surface area contributed by atoms with E-state index < -0.39 is 11.8 Å². The molecule has 3 heterocycles. The topological polar surface area (TPSA) is 175 Å². The van der Waals surface area contributed by atoms with Crippen molar-refractivity contribution in [1.82, 2.24) is 31.2 Å². The summed E-state index contributed by atoms with van der Waals surface area (Å²) in [6.07, 6.45) is 9.14. The van der Waals surface area contributed by atoms with Crippen LogP contribution >= 0.6 is 0 Å². The van der Waals surface area contributed by atoms with Gasteiger partial charge in [-0.25, -0.2) is 16.3 Å². The lowest BCUT2D eigenvalue weighted by Gasteiger charge is -2.11. The van der Waals surface area contributed by atoms with E-state index in [0.29, 0.717) is 34.9 Å². The van der Waals surface area contributed by atoms with E-state index in [4.69, 9.17) is 0 Å². The largest absolute Gasteiger partial charge is 0.381 e. The molecule has 232 valence electrons. The lowest BCUT2D eigenvalue weighted by atomic mass is 10.1. The summed E-state index contributed by atoms with van der Waals surface area (Å²) in [5.74, 6) is -1.44. The molecule has 5 aromatic rings. The van der Waals surface area contributed by atoms with Gasteiger partial charge in [0, 0.05) is 47.5 Å². The minimum atomic E-state index is -0.534. The molecular weight excluding hydrogens is 596 g/mol. The fourth-order valence-electron chi connectivity index (χ4n) is 3.99. The smallest absolute Gasteiger partial charge is 0.271 e. The van der Waals surface area contributed by atoms with Crippen molar-refractivity contribution in [3.05, 3.63) is 155 Å². The normalized spacial score (nSPS) is 11.1. The van der Waals surface area contributed by atoms with Crippen molar-refractivity contribution in [3.63, 3.8) is 0 Å². The molecule has 0 aliphatic carbocycles. The second-order valence-electron chi connectivity index (χ2n) is 9.71. The molecule has 0 bridgehead atoms. The first kappa shape index (κ1) is 31.5. The van der Waals surface area contributed by atoms with Crippen LogP contribution in [0.25, 0.3) is 0 Å². The van der Waals surface area contributed by atoms with E-state index in [0.717, 1.165) is 5.56 Å². The Morgan fingerprint density at radius 2 is 0.957 bits per heavy atom. The van der Waals surface area contributed by atoms with Gasteiger partial charge in [-0.3, -0.25) is 29.3 Å². The Labute approximate surface area is 269 Å². The summed E-state index contributed by atoms with van der Waals surface area (Å²) in [5, 5.41) is 15.1. The molecule has 0 saturated heterocycles. The molecule has 5 rings (SSSR count). The predicted molar refractivity (Wildman–Crippen MR) is 178 cm³/mol. The highest BCUT2D eigenvalue weighted by molar-refractivity contribution is 6.01. The van der Waals surface area contributed by atoms with Crippen LogP contribution in [0.1, 0.15) is 53.7 Å². The summed E-state index contributed by atoms with van der Waals surface area (Å²) in [4.78, 5) is 50.9. The van der Waals surface area contributed by atoms with E-state index >= 15 is 0 Å². The molecular formula is C34H28N10O3. The molecule has 47 heavy (non-hydrogen) atoms. The molecule has 0 aliphatic rings. The van der Waals surface area contributed by atoms with E-state index in [1.54, 1.807) is 104 Å². The van der Waals surface area contributed by atoms with Crippen molar-refractivity contribution >= 4 is 42.1 Å². The van der Waals surface area contributed by atoms with Gasteiger partial charge in [-0.1, -0.05) is 30.3 Å². The van der Waals surface area contributed by atoms with Crippen LogP contribution in [0.2, 0.25) is 0 Å². The van der Waals surface area contributed by atoms with E-state index in [1.165, 1.54) is 24.7 Å². The number of benzene rings is 2. The summed E-state index contributed by atoms with van der Waals surface area (Å²) in [7, 11) is 0. The van der Waals surface area contributed by atoms with Crippen LogP contribution in [0.5, 0.6) is 0 Å². The van der Waals surface area contributed by atoms with Crippen molar-refractivity contribution in [2.24, 2.45) is 15.3 Å². The van der Waals surface area contributed by atoms with Crippen molar-refractivity contribution < 1.29 is 14.4 Å². The van der Waals surface area contributed by atoms with Crippen LogP contribution in [-0.2, 0) is 6.54 Å². The van der Waals surface area contributed by atoms with E-state index in [2.05, 4.69) is 51.9 Å². The third-order valence-electron chi connectivity index (χ3n) is 6.32. The summed E-state index contributed by atoms with van der Waals surface area (Å²) >= 11 is 0. The number of hydrogen-bond donors (Lipinski definition) is 4. The van der Waals surface area contributed by atoms with Crippen LogP contribution in [0.4, 0.5) is 5.69 Å². The molecule has 0 fully saturated rings. The first-order valence-electron chi connectivity index (χ1n) is 14.2. The van der Waals surface area contributed by atoms with Gasteiger partial charge in [0.15, 0.2) is 0 Å². The maximum absolute atomic E-state index is 13.0. The fraction of sp³-hybridized carbons (Fsp3) is 0.0294. The van der Waals surface area contributed by atoms with Crippen LogP contribution in [0.15, 0.2) is 131 Å². The summed E-state index contributed by atoms with van der Waals surface area (Å²) in [6, 6.07) is 27.6. The van der Waals surface area contributed by atoms with Gasteiger partial charge in [-0.15, -0.1) is 0 Å². The van der Waals surface area contributed by atoms with Gasteiger partial charge < -0.3 is 5.32 Å². The highest BCUT2D eigenvalue weighted by atomic mass is 16.2. The maximum Gasteiger partial charge on any atom is 0.271 e. The number of nitrogens with zero attached hydrogens (tertiary/aromatic N) is 6. The fourth-order valence-corrected chi connectivity index (χ4v) is 3.99. The third-order valence-corrected chi connectivity index (χ3v) is 6.32. The Morgan fingerprint density at radius 3 is 1.36 bits per heavy atom. The van der Waals surface area contributed by atoms with Crippen molar-refractivity contribution in [2.75, 3.05) is 5.32 Å². The Bertz CT molecular complexity index is 1820. The molecule has 2 aromatic carbocycles. The number of hydrazone groups is 3. The van der Waals surface area contributed by atoms with Crippen LogP contribution < -0.4 is 21.6 Å². The minimum absolute atomic E-state index is 0.185. The number of nitrogens with one attached hydrogen (secondary N) is 4. The summed E-state index contributed by atoms with van der Waals surface area (Å²) in [5.41, 5.74) is 11.3. The lowest BCUT2D eigenvalue weighted by molar-refractivity contribution is 0.0944. The van der Waals surface area contributed by atoms with E-state index in [-0.39, 0.29) is 17.0 Å². The van der Waals surface area contributed by atoms with Gasteiger partial charge in [-0.05, 0) is 72.3 Å². The van der Waals surface area contributed by atoms with Gasteiger partial charge in [0.25, 0.3) is 17.7 Å². The van der Waals surface area contributed by atoms with E-state index in [9.17, 15) is 14.4 Å². The van der Waals surface area contributed by atoms with Gasteiger partial charge in [0.05, 0.1) is 35.7 Å². The number of carbonyl (C=O) groups is 3. The first-order valence-corrected chi connectivity index (χ1v) is 14.2. The summed E-state index contributed by atoms with van der Waals surface area (Å²) < 4.78 is 0. The molecule has 4 N–H and O–H groups in total. The molecule has 3 aromatic heterocycles. The Balaban J connectivity index is 1.25. The van der Waals surface area contributed by atoms with Crippen molar-refractivity contribution in [1.29, 1.82) is 0 Å². The second-order valence-corrected chi connectivity index (χ2v) is 9.71. The number of amides is 3. The van der Waals surface area contributed by atoms with Gasteiger partial charge in [0.1, 0.15) is 0 Å². The Morgan fingerprint density at radius 1 is 0.532 bits per heavy atom. The standard InChI is InChI=1S/C34H28N10O3/c45-32(42-39-21-28-7-1-4-14-35-28)25-12-10-24(11-13-25)20-38-31-18-26(33(46)43-40-22-29-8-2-5-15-36-29)17-27(19-31)34(47)44-41-23-30-9-3-6-16-37-30/h1-19,21-23,38H,20H2,(H,42,45)(H,43,46)(H,44,47)/b39-21+,40-22+,41-23+. The van der Waals surface area contributed by atoms with Crippen molar-refractivity contribution in [3.8, 4) is 0 Å². The Kier molecular flexibility index (Phi) is 10.9. The molecule has 0 unspecified atom stereocenters. The summed E-state index contributed by atoms with van der Waals surface area (Å²) in [6.45, 7) is 0.335. The average Bonchev–Trinajstić information content (AvgIpc) is 3.12. The van der Waals surface area contributed by atoms with Crippen molar-refractivity contribution in [2.45, 2.75) is 6.54 Å². The molecule has 0 aliphatic heterocycles. The average molecular weight is 625 g/mol. The van der Waals surface area contributed by atoms with Gasteiger partial charge in [-0.2, -0.15) is 15.3 Å². The highest BCUT2D eigenvalue weighted by Crippen LogP contribution is 2.17. The zero-order chi connectivity index (χ0) is 32.7. The number of rotatable bonds is 12. The quantitative estimate of drug-likeness (QED) is 0.121. The monoisotopic (exact) mass is 624 g/mol. The molecule has 0 saturated carbocycles. The van der Waals surface area contributed by atoms with Crippen LogP contribution in [-0.4, -0.2) is 51.3 Å². The number of hydrogen-bond acceptors (Lipinski definition) is 10. The molecule has 0 spiro atoms. The number of carbonyl (C=O) groups excluding carboxylic acids is 3. The molecule has 0 radical (unpaired) electrons. The number of aromatic nitrogens is 3. The number of anilines is 1. The SMILES string of the molecule is O=C(N/N=C/c1ccccn1)c1ccc(CNc2cc(C(=O)N/N=C/c3ccccn3)cc(C(=O)N/N=C/c3ccccn3)c2)cc1. The third kappa shape index (κ3) is 9.81. The first-order chi connectivity index (χ1) is 23.0. The molecule has 3 amide bonds. The van der Waals surface area contributed by atoms with Crippen LogP contribution in [0, 0.1) is 0 Å². The second kappa shape index (κ2) is 16.3. The zero-order valence-electron chi connectivity index (χ0n) is 24.8. The maximum atomic E-state index is 13.0. The van der Waals surface area contributed by atoms with Crippen LogP contribution in [0.3, 0.4) is 0 Å². The zero-order valence-corrected chi connectivity index (χ0v) is 24.8. The predicted octanol–water partition coefficient (Wildman–Crippen LogP) is 3.78. The van der Waals surface area contributed by atoms with E-state index in [1.807, 2.05) is 6.07 Å². The molecule has 13 heteroatoms. The Hall–Kier alpha value is -6.89.